The summed E-state index contributed by atoms with van der Waals surface area (Å²) in [4.78, 5) is 16.3. The molecular weight excluding hydrogens is 262 g/mol. The summed E-state index contributed by atoms with van der Waals surface area (Å²) >= 11 is 0. The molecule has 21 heavy (non-hydrogen) atoms. The number of nitrogens with two attached hydrogens (primary N) is 1. The van der Waals surface area contributed by atoms with E-state index in [1.165, 1.54) is 0 Å². The summed E-state index contributed by atoms with van der Waals surface area (Å²) in [6, 6.07) is 9.09. The maximum atomic E-state index is 12.2. The number of carbonyl (C=O) groups is 1. The Kier molecular flexibility index (Phi) is 4.70. The summed E-state index contributed by atoms with van der Waals surface area (Å²) in [5.74, 6) is 6.14. The Morgan fingerprint density at radius 2 is 2.10 bits per heavy atom. The highest BCUT2D eigenvalue weighted by atomic mass is 16.1. The van der Waals surface area contributed by atoms with Crippen molar-refractivity contribution in [2.75, 3.05) is 11.9 Å². The number of pyridine rings is 1. The fourth-order valence-corrected chi connectivity index (χ4v) is 1.88. The highest BCUT2D eigenvalue weighted by Crippen LogP contribution is 2.12. The highest BCUT2D eigenvalue weighted by Gasteiger charge is 2.08. The molecule has 1 amide bonds. The van der Waals surface area contributed by atoms with Crippen molar-refractivity contribution in [1.29, 1.82) is 0 Å². The van der Waals surface area contributed by atoms with E-state index in [4.69, 9.17) is 5.73 Å². The molecule has 0 aliphatic carbocycles. The molecule has 0 saturated heterocycles. The van der Waals surface area contributed by atoms with Crippen LogP contribution < -0.4 is 11.1 Å². The van der Waals surface area contributed by atoms with Gasteiger partial charge in [0.15, 0.2) is 0 Å². The Balaban J connectivity index is 2.18. The van der Waals surface area contributed by atoms with Gasteiger partial charge in [0.2, 0.25) is 0 Å². The Morgan fingerprint density at radius 1 is 1.29 bits per heavy atom. The van der Waals surface area contributed by atoms with Crippen LogP contribution >= 0.6 is 0 Å². The molecule has 0 radical (unpaired) electrons. The highest BCUT2D eigenvalue weighted by molar-refractivity contribution is 6.04. The number of rotatable bonds is 2. The van der Waals surface area contributed by atoms with E-state index < -0.39 is 0 Å². The van der Waals surface area contributed by atoms with Crippen molar-refractivity contribution in [3.63, 3.8) is 0 Å². The molecule has 4 nitrogen and oxygen atoms in total. The van der Waals surface area contributed by atoms with Crippen molar-refractivity contribution in [2.24, 2.45) is 5.73 Å². The molecule has 0 aliphatic heterocycles. The second-order valence-electron chi connectivity index (χ2n) is 4.71. The SMILES string of the molecule is Cc1ccnc(NC(=O)c2ccc(C#CCN)c(C)c2)c1. The van der Waals surface area contributed by atoms with Crippen LogP contribution in [0.25, 0.3) is 0 Å². The van der Waals surface area contributed by atoms with Crippen molar-refractivity contribution >= 4 is 11.7 Å². The number of anilines is 1. The molecule has 0 bridgehead atoms. The molecule has 2 aromatic rings. The van der Waals surface area contributed by atoms with Gasteiger partial charge in [0.05, 0.1) is 6.54 Å². The maximum absolute atomic E-state index is 12.2. The van der Waals surface area contributed by atoms with Crippen LogP contribution in [0.4, 0.5) is 5.82 Å². The first-order valence-electron chi connectivity index (χ1n) is 6.64. The minimum absolute atomic E-state index is 0.186. The molecule has 3 N–H and O–H groups in total. The zero-order chi connectivity index (χ0) is 15.2. The molecule has 0 atom stereocenters. The largest absolute Gasteiger partial charge is 0.320 e. The van der Waals surface area contributed by atoms with E-state index in [2.05, 4.69) is 22.1 Å². The number of carbonyl (C=O) groups excluding carboxylic acids is 1. The molecule has 0 saturated carbocycles. The number of amides is 1. The fraction of sp³-hybridized carbons (Fsp3) is 0.176. The molecule has 1 aromatic carbocycles. The van der Waals surface area contributed by atoms with Crippen molar-refractivity contribution < 1.29 is 4.79 Å². The van der Waals surface area contributed by atoms with Crippen LogP contribution in [0.3, 0.4) is 0 Å². The Morgan fingerprint density at radius 3 is 2.76 bits per heavy atom. The normalized spacial score (nSPS) is 9.67. The monoisotopic (exact) mass is 279 g/mol. The first-order valence-corrected chi connectivity index (χ1v) is 6.64. The summed E-state index contributed by atoms with van der Waals surface area (Å²) in [5.41, 5.74) is 8.81. The van der Waals surface area contributed by atoms with E-state index >= 15 is 0 Å². The lowest BCUT2D eigenvalue weighted by Crippen LogP contribution is -2.13. The Hall–Kier alpha value is -2.64. The molecule has 4 heteroatoms. The number of benzene rings is 1. The third kappa shape index (κ3) is 3.91. The van der Waals surface area contributed by atoms with E-state index in [1.807, 2.05) is 38.1 Å². The predicted molar refractivity (Wildman–Crippen MR) is 84.0 cm³/mol. The number of nitrogens with one attached hydrogen (secondary N) is 1. The zero-order valence-electron chi connectivity index (χ0n) is 12.1. The lowest BCUT2D eigenvalue weighted by atomic mass is 10.0. The van der Waals surface area contributed by atoms with Crippen LogP contribution in [0.2, 0.25) is 0 Å². The molecule has 0 spiro atoms. The third-order valence-corrected chi connectivity index (χ3v) is 2.97. The smallest absolute Gasteiger partial charge is 0.256 e. The molecule has 1 heterocycles. The van der Waals surface area contributed by atoms with Gasteiger partial charge in [0.25, 0.3) is 5.91 Å². The lowest BCUT2D eigenvalue weighted by Gasteiger charge is -2.06. The minimum Gasteiger partial charge on any atom is -0.320 e. The quantitative estimate of drug-likeness (QED) is 0.829. The Bertz CT molecular complexity index is 726. The molecule has 106 valence electrons. The topological polar surface area (TPSA) is 68.0 Å². The van der Waals surface area contributed by atoms with E-state index in [9.17, 15) is 4.79 Å². The van der Waals surface area contributed by atoms with E-state index in [-0.39, 0.29) is 5.91 Å². The second-order valence-corrected chi connectivity index (χ2v) is 4.71. The zero-order valence-corrected chi connectivity index (χ0v) is 12.1. The maximum Gasteiger partial charge on any atom is 0.256 e. The van der Waals surface area contributed by atoms with Gasteiger partial charge in [-0.05, 0) is 55.3 Å². The number of hydrogen-bond donors (Lipinski definition) is 2. The molecular formula is C17H17N3O. The van der Waals surface area contributed by atoms with Crippen LogP contribution in [0.5, 0.6) is 0 Å². The van der Waals surface area contributed by atoms with Crippen molar-refractivity contribution in [3.8, 4) is 11.8 Å². The van der Waals surface area contributed by atoms with Gasteiger partial charge in [-0.3, -0.25) is 4.79 Å². The number of hydrogen-bond acceptors (Lipinski definition) is 3. The van der Waals surface area contributed by atoms with E-state index in [0.717, 1.165) is 16.7 Å². The summed E-state index contributed by atoms with van der Waals surface area (Å²) in [7, 11) is 0. The standard InChI is InChI=1S/C17H17N3O/c1-12-7-9-19-16(10-12)20-17(21)15-6-5-14(4-3-8-18)13(2)11-15/h5-7,9-11H,8,18H2,1-2H3,(H,19,20,21). The second kappa shape index (κ2) is 6.69. The van der Waals surface area contributed by atoms with Crippen LogP contribution in [-0.2, 0) is 0 Å². The molecule has 1 aromatic heterocycles. The van der Waals surface area contributed by atoms with Gasteiger partial charge in [-0.2, -0.15) is 0 Å². The Labute approximate surface area is 124 Å². The van der Waals surface area contributed by atoms with Crippen LogP contribution in [0, 0.1) is 25.7 Å². The summed E-state index contributed by atoms with van der Waals surface area (Å²) in [6.45, 7) is 4.19. The van der Waals surface area contributed by atoms with Crippen LogP contribution in [0.15, 0.2) is 36.5 Å². The van der Waals surface area contributed by atoms with Crippen LogP contribution in [-0.4, -0.2) is 17.4 Å². The van der Waals surface area contributed by atoms with E-state index in [0.29, 0.717) is 17.9 Å². The van der Waals surface area contributed by atoms with Crippen molar-refractivity contribution in [2.45, 2.75) is 13.8 Å². The first kappa shape index (κ1) is 14.8. The molecule has 0 unspecified atom stereocenters. The van der Waals surface area contributed by atoms with Gasteiger partial charge in [0.1, 0.15) is 5.82 Å². The average molecular weight is 279 g/mol. The first-order chi connectivity index (χ1) is 10.1. The summed E-state index contributed by atoms with van der Waals surface area (Å²) in [5, 5.41) is 2.78. The van der Waals surface area contributed by atoms with Gasteiger partial charge in [-0.25, -0.2) is 4.98 Å². The van der Waals surface area contributed by atoms with Gasteiger partial charge >= 0.3 is 0 Å². The van der Waals surface area contributed by atoms with Gasteiger partial charge in [-0.15, -0.1) is 0 Å². The van der Waals surface area contributed by atoms with Gasteiger partial charge < -0.3 is 11.1 Å². The number of aromatic nitrogens is 1. The minimum atomic E-state index is -0.186. The predicted octanol–water partition coefficient (Wildman–Crippen LogP) is 2.26. The van der Waals surface area contributed by atoms with Crippen molar-refractivity contribution in [3.05, 3.63) is 58.8 Å². The van der Waals surface area contributed by atoms with E-state index in [1.54, 1.807) is 12.3 Å². The molecule has 2 rings (SSSR count). The van der Waals surface area contributed by atoms with Gasteiger partial charge in [-0.1, -0.05) is 11.8 Å². The fourth-order valence-electron chi connectivity index (χ4n) is 1.88. The van der Waals surface area contributed by atoms with Gasteiger partial charge in [0, 0.05) is 17.3 Å². The average Bonchev–Trinajstić information content (AvgIpc) is 2.46. The summed E-state index contributed by atoms with van der Waals surface area (Å²) in [6.07, 6.45) is 1.67. The van der Waals surface area contributed by atoms with Crippen LogP contribution in [0.1, 0.15) is 27.0 Å². The molecule has 0 aliphatic rings. The summed E-state index contributed by atoms with van der Waals surface area (Å²) < 4.78 is 0. The third-order valence-electron chi connectivity index (χ3n) is 2.97. The molecule has 0 fully saturated rings. The lowest BCUT2D eigenvalue weighted by molar-refractivity contribution is 0.102. The number of aryl methyl sites for hydroxylation is 2. The van der Waals surface area contributed by atoms with Crippen molar-refractivity contribution in [1.82, 2.24) is 4.98 Å². The number of nitrogens with zero attached hydrogens (tertiary/aromatic N) is 1.